The number of carbonyl (C=O) groups is 2. The molecule has 13 nitrogen and oxygen atoms in total. The number of para-hydroxylation sites is 2. The quantitative estimate of drug-likeness (QED) is 0.158. The molecule has 0 radical (unpaired) electrons. The number of nitrogens with zero attached hydrogens (tertiary/aromatic N) is 3. The van der Waals surface area contributed by atoms with Gasteiger partial charge in [-0.25, -0.2) is 4.79 Å². The molecule has 0 saturated heterocycles. The molecule has 1 atom stereocenters. The van der Waals surface area contributed by atoms with Crippen LogP contribution in [0.2, 0.25) is 5.02 Å². The molecule has 0 spiro atoms. The van der Waals surface area contributed by atoms with Crippen molar-refractivity contribution in [3.8, 4) is 11.5 Å². The lowest BCUT2D eigenvalue weighted by atomic mass is 10.1. The van der Waals surface area contributed by atoms with E-state index in [2.05, 4.69) is 15.6 Å². The van der Waals surface area contributed by atoms with Crippen LogP contribution in [0.1, 0.15) is 22.8 Å². The number of benzene rings is 3. The number of nitrogens with one attached hydrogen (secondary N) is 1. The van der Waals surface area contributed by atoms with Crippen LogP contribution in [-0.2, 0) is 19.3 Å². The number of phenols is 2. The van der Waals surface area contributed by atoms with E-state index in [1.54, 1.807) is 30.3 Å². The van der Waals surface area contributed by atoms with Crippen LogP contribution in [0.3, 0.4) is 0 Å². The minimum atomic E-state index is -1.90. The fourth-order valence-corrected chi connectivity index (χ4v) is 3.33. The topological polar surface area (TPSA) is 193 Å². The normalized spacial score (nSPS) is 11.8. The Morgan fingerprint density at radius 1 is 1.03 bits per heavy atom. The van der Waals surface area contributed by atoms with Crippen LogP contribution in [-0.4, -0.2) is 51.2 Å². The van der Waals surface area contributed by atoms with E-state index in [1.807, 2.05) is 0 Å². The molecule has 3 rings (SSSR count). The van der Waals surface area contributed by atoms with Gasteiger partial charge in [-0.2, -0.15) is 0 Å². The second-order valence-corrected chi connectivity index (χ2v) is 7.79. The van der Waals surface area contributed by atoms with Gasteiger partial charge in [0.25, 0.3) is 17.7 Å². The molecule has 0 aliphatic heterocycles. The third-order valence-electron chi connectivity index (χ3n) is 4.78. The van der Waals surface area contributed by atoms with Crippen molar-refractivity contribution < 1.29 is 39.5 Å². The van der Waals surface area contributed by atoms with Gasteiger partial charge in [0.1, 0.15) is 11.5 Å². The number of aromatic hydroxyl groups is 2. The number of carbonyl (C=O) groups excluding carboxylic acids is 1. The second kappa shape index (κ2) is 12.7. The predicted molar refractivity (Wildman–Crippen MR) is 136 cm³/mol. The molecule has 0 aromatic heterocycles. The first-order valence-corrected chi connectivity index (χ1v) is 11.0. The predicted octanol–water partition coefficient (Wildman–Crippen LogP) is 3.83. The molecule has 1 amide bonds. The molecule has 3 aromatic carbocycles. The molecule has 0 aliphatic rings. The molecule has 0 heterocycles. The van der Waals surface area contributed by atoms with Gasteiger partial charge in [0.15, 0.2) is 6.61 Å². The monoisotopic (exact) mass is 542 g/mol. The molecule has 1 unspecified atom stereocenters. The summed E-state index contributed by atoms with van der Waals surface area (Å²) >= 11 is 6.16. The Bertz CT molecular complexity index is 1410. The Hall–Kier alpha value is -5.17. The summed E-state index contributed by atoms with van der Waals surface area (Å²) in [5.74, 6) is -2.64. The Morgan fingerprint density at radius 2 is 1.61 bits per heavy atom. The zero-order valence-corrected chi connectivity index (χ0v) is 20.0. The van der Waals surface area contributed by atoms with E-state index in [0.717, 1.165) is 24.6 Å². The van der Waals surface area contributed by atoms with Crippen molar-refractivity contribution >= 4 is 47.3 Å². The van der Waals surface area contributed by atoms with Crippen LogP contribution in [0.5, 0.6) is 11.5 Å². The van der Waals surface area contributed by atoms with Crippen molar-refractivity contribution in [1.82, 2.24) is 0 Å². The van der Waals surface area contributed by atoms with Crippen LogP contribution in [0, 0.1) is 10.1 Å². The number of carboxylic acids is 1. The summed E-state index contributed by atoms with van der Waals surface area (Å²) in [7, 11) is 0. The highest BCUT2D eigenvalue weighted by Crippen LogP contribution is 2.37. The van der Waals surface area contributed by atoms with Gasteiger partial charge in [-0.3, -0.25) is 14.9 Å². The molecule has 0 saturated carbocycles. The van der Waals surface area contributed by atoms with Gasteiger partial charge < -0.3 is 30.3 Å². The van der Waals surface area contributed by atoms with E-state index >= 15 is 0 Å². The number of nitro benzene ring substituents is 1. The maximum Gasteiger partial charge on any atom is 0.352 e. The number of rotatable bonds is 11. The van der Waals surface area contributed by atoms with E-state index in [9.17, 15) is 35.0 Å². The lowest BCUT2D eigenvalue weighted by Crippen LogP contribution is -2.21. The molecule has 38 heavy (non-hydrogen) atoms. The number of hydrogen-bond donors (Lipinski definition) is 4. The fraction of sp³-hybridized carbons (Fsp3) is 0.0833. The van der Waals surface area contributed by atoms with Crippen LogP contribution >= 0.6 is 11.6 Å². The van der Waals surface area contributed by atoms with Crippen LogP contribution in [0.4, 0.5) is 11.4 Å². The Morgan fingerprint density at radius 3 is 2.16 bits per heavy atom. The second-order valence-electron chi connectivity index (χ2n) is 7.38. The number of aliphatic carboxylic acids is 1. The van der Waals surface area contributed by atoms with Gasteiger partial charge in [0, 0.05) is 28.8 Å². The van der Waals surface area contributed by atoms with E-state index in [0.29, 0.717) is 5.56 Å². The van der Waals surface area contributed by atoms with Gasteiger partial charge in [0.05, 0.1) is 28.1 Å². The van der Waals surface area contributed by atoms with Crippen molar-refractivity contribution in [3.63, 3.8) is 0 Å². The standard InChI is InChI=1S/C24H19ClN4O9/c25-17-9-16(29(35)36)10-18(28-21(32)13-37-26-11-14-5-1-3-7-19(14)30)22(17)23(24(33)34)38-27-12-15-6-2-4-8-20(15)31/h1-12,23,30-31H,13H2,(H,28,32)(H,33,34). The zero-order valence-electron chi connectivity index (χ0n) is 19.2. The number of anilines is 1. The van der Waals surface area contributed by atoms with E-state index in [1.165, 1.54) is 18.2 Å². The zero-order chi connectivity index (χ0) is 27.7. The summed E-state index contributed by atoms with van der Waals surface area (Å²) < 4.78 is 0. The maximum atomic E-state index is 12.4. The van der Waals surface area contributed by atoms with Gasteiger partial charge in [-0.05, 0) is 24.3 Å². The molecule has 196 valence electrons. The fourth-order valence-electron chi connectivity index (χ4n) is 3.02. The van der Waals surface area contributed by atoms with Crippen LogP contribution < -0.4 is 5.32 Å². The lowest BCUT2D eigenvalue weighted by molar-refractivity contribution is -0.384. The van der Waals surface area contributed by atoms with Gasteiger partial charge in [0.2, 0.25) is 0 Å². The highest BCUT2D eigenvalue weighted by molar-refractivity contribution is 6.32. The van der Waals surface area contributed by atoms with E-state index < -0.39 is 40.2 Å². The Labute approximate surface area is 219 Å². The molecular formula is C24H19ClN4O9. The van der Waals surface area contributed by atoms with Gasteiger partial charge >= 0.3 is 5.97 Å². The number of halogens is 1. The molecule has 0 fully saturated rings. The van der Waals surface area contributed by atoms with Crippen molar-refractivity contribution in [2.75, 3.05) is 11.9 Å². The molecule has 14 heteroatoms. The SMILES string of the molecule is O=C(CON=Cc1ccccc1O)Nc1cc([N+](=O)[O-])cc(Cl)c1C(ON=Cc1ccccc1O)C(=O)O. The highest BCUT2D eigenvalue weighted by Gasteiger charge is 2.31. The van der Waals surface area contributed by atoms with Crippen molar-refractivity contribution in [2.24, 2.45) is 10.3 Å². The number of carboxylic acid groups (broad SMARTS) is 1. The number of nitro groups is 1. The molecule has 4 N–H and O–H groups in total. The largest absolute Gasteiger partial charge is 0.507 e. The van der Waals surface area contributed by atoms with Crippen LogP contribution in [0.15, 0.2) is 71.0 Å². The van der Waals surface area contributed by atoms with Crippen LogP contribution in [0.25, 0.3) is 0 Å². The molecule has 0 bridgehead atoms. The Kier molecular flexibility index (Phi) is 9.16. The third kappa shape index (κ3) is 7.18. The molecule has 0 aliphatic carbocycles. The average molecular weight is 543 g/mol. The summed E-state index contributed by atoms with van der Waals surface area (Å²) in [6.45, 7) is -0.673. The van der Waals surface area contributed by atoms with Crippen molar-refractivity contribution in [3.05, 3.63) is 92.5 Å². The van der Waals surface area contributed by atoms with Crippen molar-refractivity contribution in [1.29, 1.82) is 0 Å². The average Bonchev–Trinajstić information content (AvgIpc) is 2.87. The van der Waals surface area contributed by atoms with E-state index in [4.69, 9.17) is 21.3 Å². The summed E-state index contributed by atoms with van der Waals surface area (Å²) in [5, 5.41) is 49.6. The number of amides is 1. The summed E-state index contributed by atoms with van der Waals surface area (Å²) in [5.41, 5.74) is -0.653. The summed E-state index contributed by atoms with van der Waals surface area (Å²) in [4.78, 5) is 44.9. The highest BCUT2D eigenvalue weighted by atomic mass is 35.5. The van der Waals surface area contributed by atoms with Gasteiger partial charge in [-0.1, -0.05) is 46.2 Å². The van der Waals surface area contributed by atoms with Crippen molar-refractivity contribution in [2.45, 2.75) is 6.10 Å². The first-order chi connectivity index (χ1) is 18.2. The first kappa shape index (κ1) is 27.4. The summed E-state index contributed by atoms with van der Waals surface area (Å²) in [6.07, 6.45) is 0.314. The Balaban J connectivity index is 1.82. The summed E-state index contributed by atoms with van der Waals surface area (Å²) in [6, 6.07) is 14.1. The number of phenolic OH excluding ortho intramolecular Hbond substituents is 2. The smallest absolute Gasteiger partial charge is 0.352 e. The third-order valence-corrected chi connectivity index (χ3v) is 5.09. The number of oxime groups is 2. The minimum Gasteiger partial charge on any atom is -0.507 e. The first-order valence-electron chi connectivity index (χ1n) is 10.6. The molecule has 3 aromatic rings. The van der Waals surface area contributed by atoms with E-state index in [-0.39, 0.29) is 28.3 Å². The minimum absolute atomic E-state index is 0.0648. The lowest BCUT2D eigenvalue weighted by Gasteiger charge is -2.17. The number of hydrogen-bond acceptors (Lipinski definition) is 10. The van der Waals surface area contributed by atoms with Gasteiger partial charge in [-0.15, -0.1) is 0 Å². The molecular weight excluding hydrogens is 524 g/mol. The number of non-ortho nitro benzene ring substituents is 1. The maximum absolute atomic E-state index is 12.4.